The lowest BCUT2D eigenvalue weighted by molar-refractivity contribution is 0.105. The van der Waals surface area contributed by atoms with Gasteiger partial charge >= 0.3 is 0 Å². The molecule has 1 aliphatic rings. The van der Waals surface area contributed by atoms with E-state index < -0.39 is 0 Å². The smallest absolute Gasteiger partial charge is 0.0236 e. The molecule has 0 aliphatic carbocycles. The first kappa shape index (κ1) is 13.6. The maximum atomic E-state index is 6.30. The van der Waals surface area contributed by atoms with Crippen molar-refractivity contribution in [2.75, 3.05) is 13.1 Å². The van der Waals surface area contributed by atoms with Gasteiger partial charge < -0.3 is 5.73 Å². The number of benzene rings is 1. The average molecular weight is 246 g/mol. The average Bonchev–Trinajstić information content (AvgIpc) is 2.27. The number of hydrogen-bond acceptors (Lipinski definition) is 2. The fourth-order valence-corrected chi connectivity index (χ4v) is 2.45. The van der Waals surface area contributed by atoms with Crippen LogP contribution in [0.25, 0.3) is 0 Å². The second-order valence-corrected chi connectivity index (χ2v) is 6.83. The summed E-state index contributed by atoms with van der Waals surface area (Å²) in [5.74, 6) is 0. The standard InChI is InChI=1S/C16H26N2/c1-15(2,16(3,4)17)12-18-10-9-13-7-5-6-8-14(13)11-18/h5-8H,9-12,17H2,1-4H3. The van der Waals surface area contributed by atoms with E-state index in [0.29, 0.717) is 0 Å². The lowest BCUT2D eigenvalue weighted by atomic mass is 9.74. The Morgan fingerprint density at radius 3 is 2.33 bits per heavy atom. The molecule has 0 saturated carbocycles. The Bertz CT molecular complexity index is 415. The van der Waals surface area contributed by atoms with Gasteiger partial charge in [0, 0.05) is 25.2 Å². The van der Waals surface area contributed by atoms with Gasteiger partial charge in [0.1, 0.15) is 0 Å². The van der Waals surface area contributed by atoms with E-state index in [9.17, 15) is 0 Å². The normalized spacial score (nSPS) is 17.6. The van der Waals surface area contributed by atoms with Gasteiger partial charge in [0.2, 0.25) is 0 Å². The predicted molar refractivity (Wildman–Crippen MR) is 77.5 cm³/mol. The van der Waals surface area contributed by atoms with Crippen molar-refractivity contribution >= 4 is 0 Å². The minimum atomic E-state index is -0.149. The molecule has 1 aliphatic heterocycles. The van der Waals surface area contributed by atoms with Crippen LogP contribution >= 0.6 is 0 Å². The molecule has 0 saturated heterocycles. The van der Waals surface area contributed by atoms with Gasteiger partial charge in [-0.25, -0.2) is 0 Å². The molecule has 1 heterocycles. The minimum absolute atomic E-state index is 0.124. The van der Waals surface area contributed by atoms with Gasteiger partial charge in [-0.05, 0) is 36.8 Å². The van der Waals surface area contributed by atoms with E-state index in [-0.39, 0.29) is 11.0 Å². The molecule has 18 heavy (non-hydrogen) atoms. The summed E-state index contributed by atoms with van der Waals surface area (Å²) >= 11 is 0. The van der Waals surface area contributed by atoms with Crippen LogP contribution < -0.4 is 5.73 Å². The highest BCUT2D eigenvalue weighted by molar-refractivity contribution is 5.29. The van der Waals surface area contributed by atoms with Crippen LogP contribution in [0.1, 0.15) is 38.8 Å². The summed E-state index contributed by atoms with van der Waals surface area (Å²) < 4.78 is 0. The molecule has 1 aromatic rings. The van der Waals surface area contributed by atoms with Gasteiger partial charge in [-0.3, -0.25) is 4.90 Å². The summed E-state index contributed by atoms with van der Waals surface area (Å²) in [4.78, 5) is 2.54. The van der Waals surface area contributed by atoms with Gasteiger partial charge in [0.05, 0.1) is 0 Å². The van der Waals surface area contributed by atoms with E-state index in [1.807, 2.05) is 0 Å². The van der Waals surface area contributed by atoms with Crippen LogP contribution in [-0.4, -0.2) is 23.5 Å². The third kappa shape index (κ3) is 2.76. The van der Waals surface area contributed by atoms with Crippen molar-refractivity contribution in [3.05, 3.63) is 35.4 Å². The summed E-state index contributed by atoms with van der Waals surface area (Å²) in [6.07, 6.45) is 1.16. The number of nitrogens with two attached hydrogens (primary N) is 1. The number of fused-ring (bicyclic) bond motifs is 1. The molecule has 0 amide bonds. The SMILES string of the molecule is CC(C)(N)C(C)(C)CN1CCc2ccccc2C1. The second-order valence-electron chi connectivity index (χ2n) is 6.83. The number of nitrogens with zero attached hydrogens (tertiary/aromatic N) is 1. The third-order valence-corrected chi connectivity index (χ3v) is 4.57. The van der Waals surface area contributed by atoms with Gasteiger partial charge in [0.15, 0.2) is 0 Å². The summed E-state index contributed by atoms with van der Waals surface area (Å²) in [6, 6.07) is 8.79. The van der Waals surface area contributed by atoms with Crippen molar-refractivity contribution in [3.63, 3.8) is 0 Å². The molecule has 1 aromatic carbocycles. The molecule has 0 radical (unpaired) electrons. The third-order valence-electron chi connectivity index (χ3n) is 4.57. The summed E-state index contributed by atoms with van der Waals surface area (Å²) in [6.45, 7) is 12.1. The molecular formula is C16H26N2. The van der Waals surface area contributed by atoms with Crippen molar-refractivity contribution in [1.82, 2.24) is 4.90 Å². The Morgan fingerprint density at radius 1 is 1.11 bits per heavy atom. The summed E-state index contributed by atoms with van der Waals surface area (Å²) in [5, 5.41) is 0. The fraction of sp³-hybridized carbons (Fsp3) is 0.625. The molecule has 2 N–H and O–H groups in total. The zero-order valence-electron chi connectivity index (χ0n) is 12.2. The molecule has 0 unspecified atom stereocenters. The van der Waals surface area contributed by atoms with Crippen molar-refractivity contribution in [2.45, 2.75) is 46.2 Å². The van der Waals surface area contributed by atoms with Crippen molar-refractivity contribution in [1.29, 1.82) is 0 Å². The highest BCUT2D eigenvalue weighted by Gasteiger charge is 2.35. The Morgan fingerprint density at radius 2 is 1.72 bits per heavy atom. The Labute approximate surface area is 111 Å². The molecule has 0 aromatic heterocycles. The lowest BCUT2D eigenvalue weighted by Gasteiger charge is -2.43. The van der Waals surface area contributed by atoms with E-state index in [4.69, 9.17) is 5.73 Å². The monoisotopic (exact) mass is 246 g/mol. The zero-order valence-corrected chi connectivity index (χ0v) is 12.2. The fourth-order valence-electron chi connectivity index (χ4n) is 2.45. The van der Waals surface area contributed by atoms with Crippen molar-refractivity contribution < 1.29 is 0 Å². The maximum Gasteiger partial charge on any atom is 0.0236 e. The maximum absolute atomic E-state index is 6.30. The van der Waals surface area contributed by atoms with Crippen LogP contribution in [0.3, 0.4) is 0 Å². The molecule has 0 spiro atoms. The van der Waals surface area contributed by atoms with Crippen LogP contribution in [-0.2, 0) is 13.0 Å². The van der Waals surface area contributed by atoms with Crippen LogP contribution in [0.5, 0.6) is 0 Å². The molecule has 0 bridgehead atoms. The predicted octanol–water partition coefficient (Wildman–Crippen LogP) is 2.81. The Kier molecular flexibility index (Phi) is 3.52. The summed E-state index contributed by atoms with van der Waals surface area (Å²) in [7, 11) is 0. The van der Waals surface area contributed by atoms with E-state index in [1.54, 1.807) is 0 Å². The molecule has 2 rings (SSSR count). The van der Waals surface area contributed by atoms with E-state index >= 15 is 0 Å². The highest BCUT2D eigenvalue weighted by Crippen LogP contribution is 2.31. The Balaban J connectivity index is 2.06. The summed E-state index contributed by atoms with van der Waals surface area (Å²) in [5.41, 5.74) is 9.27. The van der Waals surface area contributed by atoms with Crippen LogP contribution in [0.15, 0.2) is 24.3 Å². The van der Waals surface area contributed by atoms with E-state index in [1.165, 1.54) is 11.1 Å². The van der Waals surface area contributed by atoms with Crippen molar-refractivity contribution in [2.24, 2.45) is 11.1 Å². The number of rotatable bonds is 3. The largest absolute Gasteiger partial charge is 0.325 e. The highest BCUT2D eigenvalue weighted by atomic mass is 15.1. The molecule has 2 heteroatoms. The first-order chi connectivity index (χ1) is 8.29. The van der Waals surface area contributed by atoms with Crippen molar-refractivity contribution in [3.8, 4) is 0 Å². The van der Waals surface area contributed by atoms with Gasteiger partial charge in [-0.15, -0.1) is 0 Å². The van der Waals surface area contributed by atoms with Gasteiger partial charge in [-0.1, -0.05) is 38.1 Å². The van der Waals surface area contributed by atoms with Crippen LogP contribution in [0.4, 0.5) is 0 Å². The van der Waals surface area contributed by atoms with Crippen LogP contribution in [0, 0.1) is 5.41 Å². The van der Waals surface area contributed by atoms with Crippen LogP contribution in [0.2, 0.25) is 0 Å². The topological polar surface area (TPSA) is 29.3 Å². The second kappa shape index (κ2) is 4.67. The quantitative estimate of drug-likeness (QED) is 0.888. The van der Waals surface area contributed by atoms with Gasteiger partial charge in [0.25, 0.3) is 0 Å². The van der Waals surface area contributed by atoms with E-state index in [0.717, 1.165) is 26.1 Å². The molecule has 0 atom stereocenters. The molecular weight excluding hydrogens is 220 g/mol. The first-order valence-corrected chi connectivity index (χ1v) is 6.88. The minimum Gasteiger partial charge on any atom is -0.325 e. The zero-order chi connectivity index (χ0) is 13.4. The molecule has 2 nitrogen and oxygen atoms in total. The number of hydrogen-bond donors (Lipinski definition) is 1. The molecule has 0 fully saturated rings. The lowest BCUT2D eigenvalue weighted by Crippen LogP contribution is -2.53. The van der Waals surface area contributed by atoms with Gasteiger partial charge in [-0.2, -0.15) is 0 Å². The molecule has 100 valence electrons. The first-order valence-electron chi connectivity index (χ1n) is 6.88. The Hall–Kier alpha value is -0.860. The van der Waals surface area contributed by atoms with E-state index in [2.05, 4.69) is 56.9 Å².